The highest BCUT2D eigenvalue weighted by molar-refractivity contribution is 5.13. The fraction of sp³-hybridized carbons (Fsp3) is 0.500. The smallest absolute Gasteiger partial charge is 0.0720 e. The maximum atomic E-state index is 9.20. The number of hydrogen-bond acceptors (Lipinski definition) is 3. The van der Waals surface area contributed by atoms with Crippen LogP contribution in [0.25, 0.3) is 0 Å². The average Bonchev–Trinajstić information content (AvgIpc) is 2.41. The van der Waals surface area contributed by atoms with Gasteiger partial charge in [0.25, 0.3) is 0 Å². The minimum Gasteiger partial charge on any atom is -0.395 e. The van der Waals surface area contributed by atoms with Gasteiger partial charge < -0.3 is 15.2 Å². The van der Waals surface area contributed by atoms with Crippen LogP contribution in [0.2, 0.25) is 0 Å². The molecule has 0 heterocycles. The molecule has 1 aromatic rings. The molecule has 3 heteroatoms. The Morgan fingerprint density at radius 3 is 2.74 bits per heavy atom. The zero-order chi connectivity index (χ0) is 13.5. The summed E-state index contributed by atoms with van der Waals surface area (Å²) in [5.41, 5.74) is 1.22. The van der Waals surface area contributed by atoms with Crippen LogP contribution >= 0.6 is 0 Å². The van der Waals surface area contributed by atoms with Crippen molar-refractivity contribution in [1.82, 2.24) is 5.32 Å². The molecule has 0 aliphatic heterocycles. The Labute approximate surface area is 115 Å². The topological polar surface area (TPSA) is 41.5 Å². The highest BCUT2D eigenvalue weighted by atomic mass is 16.5. The summed E-state index contributed by atoms with van der Waals surface area (Å²) in [6.07, 6.45) is 5.06. The second kappa shape index (κ2) is 7.43. The van der Waals surface area contributed by atoms with Crippen LogP contribution in [0.3, 0.4) is 0 Å². The van der Waals surface area contributed by atoms with Crippen LogP contribution in [0.1, 0.15) is 24.8 Å². The van der Waals surface area contributed by atoms with Gasteiger partial charge in [0, 0.05) is 12.1 Å². The summed E-state index contributed by atoms with van der Waals surface area (Å²) in [6.45, 7) is 4.56. The molecule has 0 aromatic heterocycles. The second-order valence-corrected chi connectivity index (χ2v) is 5.16. The third kappa shape index (κ3) is 4.46. The van der Waals surface area contributed by atoms with Crippen LogP contribution in [0.15, 0.2) is 43.0 Å². The monoisotopic (exact) mass is 261 g/mol. The predicted octanol–water partition coefficient (Wildman–Crippen LogP) is 2.26. The molecule has 1 aliphatic carbocycles. The van der Waals surface area contributed by atoms with E-state index in [0.29, 0.717) is 18.8 Å². The van der Waals surface area contributed by atoms with Gasteiger partial charge in [-0.1, -0.05) is 36.4 Å². The molecule has 1 unspecified atom stereocenters. The lowest BCUT2D eigenvalue weighted by molar-refractivity contribution is -0.0300. The Kier molecular flexibility index (Phi) is 5.58. The number of nitrogens with one attached hydrogen (secondary N) is 1. The van der Waals surface area contributed by atoms with Crippen LogP contribution in [0.4, 0.5) is 0 Å². The lowest BCUT2D eigenvalue weighted by atomic mass is 9.88. The Hall–Kier alpha value is -1.16. The van der Waals surface area contributed by atoms with Gasteiger partial charge in [-0.05, 0) is 24.8 Å². The van der Waals surface area contributed by atoms with Crippen LogP contribution in [-0.2, 0) is 11.3 Å². The maximum absolute atomic E-state index is 9.20. The van der Waals surface area contributed by atoms with Crippen molar-refractivity contribution in [2.75, 3.05) is 6.61 Å². The maximum Gasteiger partial charge on any atom is 0.0720 e. The molecule has 2 rings (SSSR count). The van der Waals surface area contributed by atoms with E-state index < -0.39 is 0 Å². The van der Waals surface area contributed by atoms with Crippen molar-refractivity contribution in [3.63, 3.8) is 0 Å². The fourth-order valence-electron chi connectivity index (χ4n) is 2.36. The Balaban J connectivity index is 1.62. The van der Waals surface area contributed by atoms with Gasteiger partial charge in [-0.3, -0.25) is 0 Å². The first-order valence-corrected chi connectivity index (χ1v) is 6.95. The van der Waals surface area contributed by atoms with E-state index in [4.69, 9.17) is 4.74 Å². The van der Waals surface area contributed by atoms with E-state index in [-0.39, 0.29) is 12.6 Å². The highest BCUT2D eigenvalue weighted by Gasteiger charge is 2.30. The standard InChI is InChI=1S/C16H23NO2/c1-2-6-14(11-18)17-15-9-16(10-15)19-12-13-7-4-3-5-8-13/h2-5,7-8,14-18H,1,6,9-12H2. The summed E-state index contributed by atoms with van der Waals surface area (Å²) in [5.74, 6) is 0. The summed E-state index contributed by atoms with van der Waals surface area (Å²) in [4.78, 5) is 0. The van der Waals surface area contributed by atoms with E-state index in [0.717, 1.165) is 19.3 Å². The van der Waals surface area contributed by atoms with E-state index in [1.807, 2.05) is 24.3 Å². The van der Waals surface area contributed by atoms with Crippen LogP contribution in [0.5, 0.6) is 0 Å². The first kappa shape index (κ1) is 14.3. The average molecular weight is 261 g/mol. The van der Waals surface area contributed by atoms with Crippen molar-refractivity contribution in [2.24, 2.45) is 0 Å². The van der Waals surface area contributed by atoms with Gasteiger partial charge in [0.1, 0.15) is 0 Å². The zero-order valence-electron chi connectivity index (χ0n) is 11.3. The van der Waals surface area contributed by atoms with E-state index in [1.165, 1.54) is 5.56 Å². The van der Waals surface area contributed by atoms with Gasteiger partial charge >= 0.3 is 0 Å². The van der Waals surface area contributed by atoms with E-state index in [2.05, 4.69) is 24.0 Å². The van der Waals surface area contributed by atoms with Crippen LogP contribution in [0, 0.1) is 0 Å². The summed E-state index contributed by atoms with van der Waals surface area (Å²) in [5, 5.41) is 12.6. The second-order valence-electron chi connectivity index (χ2n) is 5.16. The number of rotatable bonds is 8. The molecule has 0 bridgehead atoms. The number of aliphatic hydroxyl groups excluding tert-OH is 1. The largest absolute Gasteiger partial charge is 0.395 e. The van der Waals surface area contributed by atoms with E-state index in [1.54, 1.807) is 0 Å². The van der Waals surface area contributed by atoms with Gasteiger partial charge in [-0.2, -0.15) is 0 Å². The first-order valence-electron chi connectivity index (χ1n) is 6.95. The SMILES string of the molecule is C=CCC(CO)NC1CC(OCc2ccccc2)C1. The molecule has 0 radical (unpaired) electrons. The number of hydrogen-bond donors (Lipinski definition) is 2. The molecule has 3 nitrogen and oxygen atoms in total. The van der Waals surface area contributed by atoms with Crippen LogP contribution < -0.4 is 5.32 Å². The van der Waals surface area contributed by atoms with Gasteiger partial charge in [0.15, 0.2) is 0 Å². The molecule has 0 saturated heterocycles. The molecule has 19 heavy (non-hydrogen) atoms. The van der Waals surface area contributed by atoms with Crippen molar-refractivity contribution >= 4 is 0 Å². The number of aliphatic hydroxyl groups is 1. The Morgan fingerprint density at radius 1 is 1.37 bits per heavy atom. The molecule has 1 aliphatic rings. The minimum atomic E-state index is 0.137. The van der Waals surface area contributed by atoms with Crippen LogP contribution in [-0.4, -0.2) is 29.9 Å². The lowest BCUT2D eigenvalue weighted by Crippen LogP contribution is -2.50. The van der Waals surface area contributed by atoms with E-state index in [9.17, 15) is 5.11 Å². The number of benzene rings is 1. The number of ether oxygens (including phenoxy) is 1. The third-order valence-electron chi connectivity index (χ3n) is 3.57. The quantitative estimate of drug-likeness (QED) is 0.705. The fourth-order valence-corrected chi connectivity index (χ4v) is 2.36. The molecule has 104 valence electrons. The first-order chi connectivity index (χ1) is 9.31. The highest BCUT2D eigenvalue weighted by Crippen LogP contribution is 2.25. The molecule has 1 atom stereocenters. The van der Waals surface area contributed by atoms with Gasteiger partial charge in [0.05, 0.1) is 19.3 Å². The van der Waals surface area contributed by atoms with Crippen molar-refractivity contribution in [1.29, 1.82) is 0 Å². The Bertz CT molecular complexity index is 374. The minimum absolute atomic E-state index is 0.137. The van der Waals surface area contributed by atoms with Crippen molar-refractivity contribution in [2.45, 2.75) is 44.1 Å². The molecule has 0 amide bonds. The molecular formula is C16H23NO2. The van der Waals surface area contributed by atoms with Gasteiger partial charge in [-0.15, -0.1) is 6.58 Å². The summed E-state index contributed by atoms with van der Waals surface area (Å²) in [7, 11) is 0. The molecule has 2 N–H and O–H groups in total. The Morgan fingerprint density at radius 2 is 2.11 bits per heavy atom. The summed E-state index contributed by atoms with van der Waals surface area (Å²) >= 11 is 0. The molecule has 0 spiro atoms. The van der Waals surface area contributed by atoms with Gasteiger partial charge in [0.2, 0.25) is 0 Å². The van der Waals surface area contributed by atoms with Crippen molar-refractivity contribution < 1.29 is 9.84 Å². The van der Waals surface area contributed by atoms with Gasteiger partial charge in [-0.25, -0.2) is 0 Å². The van der Waals surface area contributed by atoms with E-state index >= 15 is 0 Å². The third-order valence-corrected chi connectivity index (χ3v) is 3.57. The molecule has 1 fully saturated rings. The predicted molar refractivity (Wildman–Crippen MR) is 76.9 cm³/mol. The summed E-state index contributed by atoms with van der Waals surface area (Å²) in [6, 6.07) is 10.9. The zero-order valence-corrected chi connectivity index (χ0v) is 11.3. The summed E-state index contributed by atoms with van der Waals surface area (Å²) < 4.78 is 5.85. The molecular weight excluding hydrogens is 238 g/mol. The normalized spacial score (nSPS) is 23.6. The molecule has 1 aromatic carbocycles. The van der Waals surface area contributed by atoms with Crippen molar-refractivity contribution in [3.8, 4) is 0 Å². The molecule has 1 saturated carbocycles. The van der Waals surface area contributed by atoms with Crippen molar-refractivity contribution in [3.05, 3.63) is 48.6 Å². The lowest BCUT2D eigenvalue weighted by Gasteiger charge is -2.37.